The van der Waals surface area contributed by atoms with Crippen LogP contribution in [-0.4, -0.2) is 56.9 Å². The molecule has 1 saturated heterocycles. The van der Waals surface area contributed by atoms with Crippen LogP contribution in [0.2, 0.25) is 0 Å². The van der Waals surface area contributed by atoms with Crippen LogP contribution in [0.5, 0.6) is 5.88 Å². The second-order valence-corrected chi connectivity index (χ2v) is 10.0. The fraction of sp³-hybridized carbons (Fsp3) is 0.583. The van der Waals surface area contributed by atoms with Crippen molar-refractivity contribution in [2.75, 3.05) is 13.1 Å². The molecular formula is C24H30N4O3S. The van der Waals surface area contributed by atoms with Crippen LogP contribution in [0.4, 0.5) is 4.79 Å². The van der Waals surface area contributed by atoms with Crippen molar-refractivity contribution in [1.29, 1.82) is 0 Å². The summed E-state index contributed by atoms with van der Waals surface area (Å²) in [6.45, 7) is 1.40. The van der Waals surface area contributed by atoms with Crippen molar-refractivity contribution in [3.8, 4) is 5.88 Å². The van der Waals surface area contributed by atoms with Crippen LogP contribution in [0.1, 0.15) is 79.1 Å². The molecule has 2 aromatic heterocycles. The first kappa shape index (κ1) is 21.4. The van der Waals surface area contributed by atoms with Gasteiger partial charge in [0.2, 0.25) is 5.88 Å². The van der Waals surface area contributed by atoms with Gasteiger partial charge in [-0.25, -0.2) is 9.78 Å². The standard InChI is InChI=1S/C24H30N4O3S/c29-23(18-5-4-12-25-15-18)27-13-10-17(11-14-27)22-26-21(16-32-22)31-24(30)28(20-8-9-20)19-6-2-1-3-7-19/h4-5,12,15-17,19-20H,1-3,6-11,13-14H2. The van der Waals surface area contributed by atoms with Crippen LogP contribution >= 0.6 is 11.3 Å². The molecule has 3 fully saturated rings. The first-order chi connectivity index (χ1) is 15.7. The number of nitrogens with zero attached hydrogens (tertiary/aromatic N) is 4. The first-order valence-corrected chi connectivity index (χ1v) is 12.7. The number of likely N-dealkylation sites (tertiary alicyclic amines) is 1. The quantitative estimate of drug-likeness (QED) is 0.645. The lowest BCUT2D eigenvalue weighted by molar-refractivity contribution is 0.0712. The van der Waals surface area contributed by atoms with E-state index in [2.05, 4.69) is 9.97 Å². The van der Waals surface area contributed by atoms with E-state index in [0.29, 0.717) is 42.5 Å². The number of thiazole rings is 1. The monoisotopic (exact) mass is 454 g/mol. The summed E-state index contributed by atoms with van der Waals surface area (Å²) in [6.07, 6.45) is 12.8. The molecule has 0 unspecified atom stereocenters. The first-order valence-electron chi connectivity index (χ1n) is 11.8. The molecule has 170 valence electrons. The Labute approximate surface area is 192 Å². The third kappa shape index (κ3) is 4.80. The Bertz CT molecular complexity index is 932. The van der Waals surface area contributed by atoms with Gasteiger partial charge >= 0.3 is 6.09 Å². The molecule has 7 nitrogen and oxygen atoms in total. The summed E-state index contributed by atoms with van der Waals surface area (Å²) in [5, 5.41) is 2.85. The summed E-state index contributed by atoms with van der Waals surface area (Å²) in [7, 11) is 0. The number of hydrogen-bond acceptors (Lipinski definition) is 6. The Balaban J connectivity index is 1.16. The fourth-order valence-corrected chi connectivity index (χ4v) is 5.85. The number of hydrogen-bond donors (Lipinski definition) is 0. The van der Waals surface area contributed by atoms with Gasteiger partial charge in [0.05, 0.1) is 16.0 Å². The van der Waals surface area contributed by atoms with Gasteiger partial charge in [-0.1, -0.05) is 19.3 Å². The topological polar surface area (TPSA) is 75.6 Å². The van der Waals surface area contributed by atoms with Crippen molar-refractivity contribution in [1.82, 2.24) is 19.8 Å². The Morgan fingerprint density at radius 2 is 1.78 bits per heavy atom. The maximum atomic E-state index is 13.0. The molecule has 5 rings (SSSR count). The molecule has 0 aromatic carbocycles. The maximum Gasteiger partial charge on any atom is 0.417 e. The predicted octanol–water partition coefficient (Wildman–Crippen LogP) is 4.85. The van der Waals surface area contributed by atoms with E-state index >= 15 is 0 Å². The summed E-state index contributed by atoms with van der Waals surface area (Å²) in [4.78, 5) is 38.2. The van der Waals surface area contributed by atoms with Gasteiger partial charge in [0.1, 0.15) is 0 Å². The molecule has 2 amide bonds. The lowest BCUT2D eigenvalue weighted by Crippen LogP contribution is -2.44. The molecule has 0 atom stereocenters. The number of piperidine rings is 1. The molecule has 0 bridgehead atoms. The van der Waals surface area contributed by atoms with Crippen LogP contribution in [-0.2, 0) is 0 Å². The number of aromatic nitrogens is 2. The molecule has 0 radical (unpaired) electrons. The van der Waals surface area contributed by atoms with Crippen LogP contribution in [0, 0.1) is 0 Å². The molecule has 3 heterocycles. The van der Waals surface area contributed by atoms with E-state index in [0.717, 1.165) is 43.5 Å². The van der Waals surface area contributed by atoms with Crippen LogP contribution < -0.4 is 4.74 Å². The van der Waals surface area contributed by atoms with Crippen molar-refractivity contribution >= 4 is 23.3 Å². The number of carbonyl (C=O) groups excluding carboxylic acids is 2. The van der Waals surface area contributed by atoms with Gasteiger partial charge in [-0.3, -0.25) is 9.78 Å². The summed E-state index contributed by atoms with van der Waals surface area (Å²) in [5.74, 6) is 0.752. The highest BCUT2D eigenvalue weighted by Gasteiger charge is 2.39. The van der Waals surface area contributed by atoms with Gasteiger partial charge in [-0.05, 0) is 50.7 Å². The van der Waals surface area contributed by atoms with Crippen molar-refractivity contribution in [2.45, 2.75) is 75.8 Å². The zero-order chi connectivity index (χ0) is 21.9. The molecule has 0 N–H and O–H groups in total. The van der Waals surface area contributed by atoms with E-state index in [1.54, 1.807) is 35.9 Å². The number of carbonyl (C=O) groups is 2. The van der Waals surface area contributed by atoms with Gasteiger partial charge in [0.25, 0.3) is 5.91 Å². The van der Waals surface area contributed by atoms with E-state index in [4.69, 9.17) is 4.74 Å². The summed E-state index contributed by atoms with van der Waals surface area (Å²) in [5.41, 5.74) is 0.632. The third-order valence-corrected chi connectivity index (χ3v) is 7.84. The minimum Gasteiger partial charge on any atom is -0.390 e. The molecule has 3 aliphatic rings. The smallest absolute Gasteiger partial charge is 0.390 e. The Morgan fingerprint density at radius 3 is 2.47 bits per heavy atom. The van der Waals surface area contributed by atoms with Crippen molar-refractivity contribution in [3.63, 3.8) is 0 Å². The molecule has 1 aliphatic heterocycles. The summed E-state index contributed by atoms with van der Waals surface area (Å²) in [6, 6.07) is 4.27. The number of pyridine rings is 1. The van der Waals surface area contributed by atoms with E-state index < -0.39 is 0 Å². The Hall–Kier alpha value is -2.48. The minimum atomic E-state index is -0.229. The second-order valence-electron chi connectivity index (χ2n) is 9.13. The van der Waals surface area contributed by atoms with Crippen LogP contribution in [0.3, 0.4) is 0 Å². The van der Waals surface area contributed by atoms with Gasteiger partial charge < -0.3 is 14.5 Å². The lowest BCUT2D eigenvalue weighted by atomic mass is 9.94. The van der Waals surface area contributed by atoms with Gasteiger partial charge in [-0.2, -0.15) is 0 Å². The molecule has 2 saturated carbocycles. The highest BCUT2D eigenvalue weighted by atomic mass is 32.1. The second kappa shape index (κ2) is 9.57. The highest BCUT2D eigenvalue weighted by Crippen LogP contribution is 2.36. The number of rotatable bonds is 5. The van der Waals surface area contributed by atoms with Gasteiger partial charge in [0, 0.05) is 43.5 Å². The van der Waals surface area contributed by atoms with Crippen LogP contribution in [0.25, 0.3) is 0 Å². The maximum absolute atomic E-state index is 13.0. The SMILES string of the molecule is O=C(c1cccnc1)N1CCC(c2nc(OC(=O)N(C3CCCCC3)C3CC3)cs2)CC1. The van der Waals surface area contributed by atoms with E-state index in [-0.39, 0.29) is 12.0 Å². The number of amides is 2. The van der Waals surface area contributed by atoms with Crippen molar-refractivity contribution in [2.24, 2.45) is 0 Å². The Kier molecular flexibility index (Phi) is 6.39. The molecule has 8 heteroatoms. The van der Waals surface area contributed by atoms with E-state index in [1.807, 2.05) is 15.2 Å². The van der Waals surface area contributed by atoms with Crippen LogP contribution in [0.15, 0.2) is 29.9 Å². The minimum absolute atomic E-state index is 0.0354. The van der Waals surface area contributed by atoms with Crippen molar-refractivity contribution < 1.29 is 14.3 Å². The van der Waals surface area contributed by atoms with Gasteiger partial charge in [0.15, 0.2) is 0 Å². The molecule has 2 aliphatic carbocycles. The van der Waals surface area contributed by atoms with E-state index in [9.17, 15) is 9.59 Å². The average Bonchev–Trinajstić information content (AvgIpc) is 3.57. The zero-order valence-corrected chi connectivity index (χ0v) is 19.1. The third-order valence-electron chi connectivity index (χ3n) is 6.85. The zero-order valence-electron chi connectivity index (χ0n) is 18.3. The molecule has 32 heavy (non-hydrogen) atoms. The normalized spacial score (nSPS) is 20.2. The molecular weight excluding hydrogens is 424 g/mol. The predicted molar refractivity (Wildman–Crippen MR) is 122 cm³/mol. The summed E-state index contributed by atoms with van der Waals surface area (Å²) < 4.78 is 5.73. The largest absolute Gasteiger partial charge is 0.417 e. The highest BCUT2D eigenvalue weighted by molar-refractivity contribution is 7.09. The van der Waals surface area contributed by atoms with E-state index in [1.165, 1.54) is 19.3 Å². The number of ether oxygens (including phenoxy) is 1. The van der Waals surface area contributed by atoms with Gasteiger partial charge in [-0.15, -0.1) is 11.3 Å². The fourth-order valence-electron chi connectivity index (χ4n) is 4.96. The summed E-state index contributed by atoms with van der Waals surface area (Å²) >= 11 is 1.56. The molecule has 0 spiro atoms. The average molecular weight is 455 g/mol. The van der Waals surface area contributed by atoms with Crippen molar-refractivity contribution in [3.05, 3.63) is 40.5 Å². The lowest BCUT2D eigenvalue weighted by Gasteiger charge is -2.33. The molecule has 2 aromatic rings. The Morgan fingerprint density at radius 1 is 1.03 bits per heavy atom.